The zero-order valence-corrected chi connectivity index (χ0v) is 6.90. The molecule has 0 radical (unpaired) electrons. The molecule has 0 aliphatic heterocycles. The minimum absolute atomic E-state index is 0.811. The van der Waals surface area contributed by atoms with Crippen LogP contribution < -0.4 is 0 Å². The molecule has 0 saturated heterocycles. The summed E-state index contributed by atoms with van der Waals surface area (Å²) >= 11 is 0. The minimum Gasteiger partial charge on any atom is -0.414 e. The summed E-state index contributed by atoms with van der Waals surface area (Å²) in [6.07, 6.45) is 0. The fraction of sp³-hybridized carbons (Fsp3) is 0.667. The molecule has 1 nitrogen and oxygen atoms in total. The summed E-state index contributed by atoms with van der Waals surface area (Å²) in [4.78, 5) is 0. The molecule has 0 heterocycles. The predicted octanol–water partition coefficient (Wildman–Crippen LogP) is 1.95. The van der Waals surface area contributed by atoms with Gasteiger partial charge in [-0.15, -0.1) is 6.58 Å². The van der Waals surface area contributed by atoms with E-state index >= 15 is 0 Å². The van der Waals surface area contributed by atoms with Gasteiger partial charge in [0.15, 0.2) is 0 Å². The van der Waals surface area contributed by atoms with E-state index in [1.165, 1.54) is 0 Å². The Morgan fingerprint density at radius 2 is 2.12 bits per heavy atom. The van der Waals surface area contributed by atoms with Crippen molar-refractivity contribution in [1.29, 1.82) is 0 Å². The quantitative estimate of drug-likeness (QED) is 0.531. The van der Waals surface area contributed by atoms with Gasteiger partial charge in [0, 0.05) is 6.61 Å². The van der Waals surface area contributed by atoms with E-state index in [1.807, 2.05) is 12.6 Å². The normalized spacial score (nSPS) is 11.4. The van der Waals surface area contributed by atoms with E-state index in [0.29, 0.717) is 0 Å². The average Bonchev–Trinajstić information content (AvgIpc) is 1.67. The maximum absolute atomic E-state index is 5.40. The molecule has 0 aromatic rings. The zero-order valence-electron chi connectivity index (χ0n) is 5.90. The van der Waals surface area contributed by atoms with Crippen LogP contribution in [0.3, 0.4) is 0 Å². The summed E-state index contributed by atoms with van der Waals surface area (Å²) in [6.45, 7) is 10.8. The molecule has 0 atom stereocenters. The van der Waals surface area contributed by atoms with E-state index in [-0.39, 0.29) is 0 Å². The number of rotatable bonds is 3. The van der Waals surface area contributed by atoms with Crippen molar-refractivity contribution in [2.75, 3.05) is 6.61 Å². The molecule has 0 saturated carbocycles. The molecule has 0 unspecified atom stereocenters. The van der Waals surface area contributed by atoms with Gasteiger partial charge in [-0.05, 0) is 20.0 Å². The van der Waals surface area contributed by atoms with Crippen LogP contribution in [-0.2, 0) is 4.43 Å². The Bertz CT molecular complexity index is 78.6. The predicted molar refractivity (Wildman–Crippen MR) is 39.3 cm³/mol. The summed E-state index contributed by atoms with van der Waals surface area (Å²) in [5.74, 6) is 0. The molecule has 0 bridgehead atoms. The third kappa shape index (κ3) is 2.99. The fourth-order valence-corrected chi connectivity index (χ4v) is 1.29. The fourth-order valence-electron chi connectivity index (χ4n) is 0.431. The van der Waals surface area contributed by atoms with Crippen molar-refractivity contribution in [3.05, 3.63) is 12.3 Å². The molecule has 0 aliphatic carbocycles. The van der Waals surface area contributed by atoms with Gasteiger partial charge in [0.25, 0.3) is 0 Å². The first-order chi connectivity index (χ1) is 3.62. The Kier molecular flexibility index (Phi) is 3.01. The first-order valence-electron chi connectivity index (χ1n) is 2.90. The molecule has 48 valence electrons. The van der Waals surface area contributed by atoms with Gasteiger partial charge in [0.1, 0.15) is 0 Å². The third-order valence-electron chi connectivity index (χ3n) is 1.01. The largest absolute Gasteiger partial charge is 0.414 e. The standard InChI is InChI=1S/C6H14OSi/c1-5-7-8(3,4)6-2/h6H,2,5H2,1,3-4H3. The molecular formula is C6H14OSi. The number of hydrogen-bond donors (Lipinski definition) is 0. The van der Waals surface area contributed by atoms with Crippen LogP contribution in [0.2, 0.25) is 13.1 Å². The summed E-state index contributed by atoms with van der Waals surface area (Å²) < 4.78 is 5.40. The van der Waals surface area contributed by atoms with Crippen molar-refractivity contribution in [2.45, 2.75) is 20.0 Å². The summed E-state index contributed by atoms with van der Waals surface area (Å²) in [5.41, 5.74) is 1.94. The first kappa shape index (κ1) is 7.92. The topological polar surface area (TPSA) is 9.23 Å². The van der Waals surface area contributed by atoms with E-state index < -0.39 is 8.32 Å². The molecule has 2 heteroatoms. The second-order valence-corrected chi connectivity index (χ2v) is 6.14. The van der Waals surface area contributed by atoms with E-state index in [1.54, 1.807) is 0 Å². The van der Waals surface area contributed by atoms with Gasteiger partial charge in [0.05, 0.1) is 0 Å². The Labute approximate surface area is 52.5 Å². The highest BCUT2D eigenvalue weighted by Crippen LogP contribution is 2.02. The van der Waals surface area contributed by atoms with Crippen LogP contribution in [0.4, 0.5) is 0 Å². The van der Waals surface area contributed by atoms with Crippen LogP contribution in [0.1, 0.15) is 6.92 Å². The number of hydrogen-bond acceptors (Lipinski definition) is 1. The van der Waals surface area contributed by atoms with Gasteiger partial charge in [-0.2, -0.15) is 0 Å². The van der Waals surface area contributed by atoms with Crippen LogP contribution >= 0.6 is 0 Å². The van der Waals surface area contributed by atoms with Gasteiger partial charge in [-0.1, -0.05) is 5.70 Å². The minimum atomic E-state index is -1.41. The van der Waals surface area contributed by atoms with Crippen molar-refractivity contribution >= 4 is 8.32 Å². The van der Waals surface area contributed by atoms with Crippen molar-refractivity contribution in [1.82, 2.24) is 0 Å². The Hall–Kier alpha value is -0.0831. The Morgan fingerprint density at radius 3 is 2.25 bits per heavy atom. The summed E-state index contributed by atoms with van der Waals surface area (Å²) in [5, 5.41) is 0. The van der Waals surface area contributed by atoms with Crippen LogP contribution in [0.25, 0.3) is 0 Å². The molecule has 0 amide bonds. The lowest BCUT2D eigenvalue weighted by Crippen LogP contribution is -2.27. The lowest BCUT2D eigenvalue weighted by molar-refractivity contribution is 0.338. The van der Waals surface area contributed by atoms with Gasteiger partial charge in [0.2, 0.25) is 8.32 Å². The Morgan fingerprint density at radius 1 is 1.62 bits per heavy atom. The second-order valence-electron chi connectivity index (χ2n) is 2.24. The smallest absolute Gasteiger partial charge is 0.210 e. The second kappa shape index (κ2) is 3.05. The van der Waals surface area contributed by atoms with Gasteiger partial charge in [-0.3, -0.25) is 0 Å². The maximum atomic E-state index is 5.40. The van der Waals surface area contributed by atoms with E-state index in [0.717, 1.165) is 6.61 Å². The van der Waals surface area contributed by atoms with E-state index in [9.17, 15) is 0 Å². The molecular weight excluding hydrogens is 116 g/mol. The highest BCUT2D eigenvalue weighted by molar-refractivity contribution is 6.76. The summed E-state index contributed by atoms with van der Waals surface area (Å²) in [6, 6.07) is 0. The average molecular weight is 130 g/mol. The molecule has 0 aromatic carbocycles. The van der Waals surface area contributed by atoms with Crippen LogP contribution in [0, 0.1) is 0 Å². The van der Waals surface area contributed by atoms with Gasteiger partial charge < -0.3 is 4.43 Å². The molecule has 0 N–H and O–H groups in total. The first-order valence-corrected chi connectivity index (χ1v) is 5.88. The molecule has 0 rings (SSSR count). The van der Waals surface area contributed by atoms with Gasteiger partial charge >= 0.3 is 0 Å². The van der Waals surface area contributed by atoms with Crippen molar-refractivity contribution in [2.24, 2.45) is 0 Å². The van der Waals surface area contributed by atoms with Crippen LogP contribution in [0.5, 0.6) is 0 Å². The van der Waals surface area contributed by atoms with Crippen molar-refractivity contribution in [3.8, 4) is 0 Å². The van der Waals surface area contributed by atoms with E-state index in [4.69, 9.17) is 4.43 Å². The lowest BCUT2D eigenvalue weighted by Gasteiger charge is -2.15. The molecule has 8 heavy (non-hydrogen) atoms. The lowest BCUT2D eigenvalue weighted by atomic mass is 10.9. The van der Waals surface area contributed by atoms with Crippen molar-refractivity contribution in [3.63, 3.8) is 0 Å². The maximum Gasteiger partial charge on any atom is 0.210 e. The SMILES string of the molecule is C=C[Si](C)(C)OCC. The summed E-state index contributed by atoms with van der Waals surface area (Å²) in [7, 11) is -1.41. The molecule has 0 aromatic heterocycles. The van der Waals surface area contributed by atoms with Crippen LogP contribution in [0.15, 0.2) is 12.3 Å². The molecule has 0 fully saturated rings. The van der Waals surface area contributed by atoms with Crippen molar-refractivity contribution < 1.29 is 4.43 Å². The Balaban J connectivity index is 3.53. The van der Waals surface area contributed by atoms with E-state index in [2.05, 4.69) is 19.7 Å². The molecule has 0 spiro atoms. The highest BCUT2D eigenvalue weighted by Gasteiger charge is 2.14. The van der Waals surface area contributed by atoms with Gasteiger partial charge in [-0.25, -0.2) is 0 Å². The monoisotopic (exact) mass is 130 g/mol. The zero-order chi connectivity index (χ0) is 6.62. The molecule has 0 aliphatic rings. The van der Waals surface area contributed by atoms with Crippen LogP contribution in [-0.4, -0.2) is 14.9 Å². The highest BCUT2D eigenvalue weighted by atomic mass is 28.4. The third-order valence-corrected chi connectivity index (χ3v) is 3.02.